The molecule has 0 atom stereocenters. The van der Waals surface area contributed by atoms with E-state index in [-0.39, 0.29) is 18.1 Å². The van der Waals surface area contributed by atoms with Crippen LogP contribution in [0.3, 0.4) is 0 Å². The molecule has 2 aromatic rings. The van der Waals surface area contributed by atoms with E-state index in [2.05, 4.69) is 15.5 Å². The standard InChI is InChI=1S/C12H16N6O4/c1-3-16-7-10(18(20)21)11(15-16)12(19)14-9-5-13-17(6-9)8-22-4-2/h5-7H,3-4,8H2,1-2H3,(H,14,19). The lowest BCUT2D eigenvalue weighted by atomic mass is 10.3. The molecule has 0 saturated carbocycles. The molecular weight excluding hydrogens is 292 g/mol. The predicted molar refractivity (Wildman–Crippen MR) is 76.4 cm³/mol. The minimum atomic E-state index is -0.658. The number of aromatic nitrogens is 4. The third-order valence-electron chi connectivity index (χ3n) is 2.80. The molecular formula is C12H16N6O4. The van der Waals surface area contributed by atoms with Gasteiger partial charge in [-0.25, -0.2) is 4.68 Å². The number of hydrogen-bond acceptors (Lipinski definition) is 6. The monoisotopic (exact) mass is 308 g/mol. The van der Waals surface area contributed by atoms with Crippen LogP contribution in [0.2, 0.25) is 0 Å². The minimum Gasteiger partial charge on any atom is -0.360 e. The summed E-state index contributed by atoms with van der Waals surface area (Å²) in [6, 6.07) is 0. The molecule has 0 bridgehead atoms. The molecule has 0 aromatic carbocycles. The fourth-order valence-corrected chi connectivity index (χ4v) is 1.74. The fourth-order valence-electron chi connectivity index (χ4n) is 1.74. The Kier molecular flexibility index (Phi) is 4.84. The van der Waals surface area contributed by atoms with E-state index in [0.717, 1.165) is 0 Å². The number of carbonyl (C=O) groups is 1. The number of amides is 1. The van der Waals surface area contributed by atoms with Crippen LogP contribution in [0.4, 0.5) is 11.4 Å². The second kappa shape index (κ2) is 6.80. The van der Waals surface area contributed by atoms with Crippen LogP contribution >= 0.6 is 0 Å². The van der Waals surface area contributed by atoms with Gasteiger partial charge in [-0.3, -0.25) is 19.6 Å². The van der Waals surface area contributed by atoms with E-state index in [1.165, 1.54) is 21.8 Å². The maximum atomic E-state index is 12.1. The predicted octanol–water partition coefficient (Wildman–Crippen LogP) is 1.25. The third-order valence-corrected chi connectivity index (χ3v) is 2.80. The highest BCUT2D eigenvalue weighted by Crippen LogP contribution is 2.18. The molecule has 1 amide bonds. The topological polar surface area (TPSA) is 117 Å². The van der Waals surface area contributed by atoms with Crippen molar-refractivity contribution in [2.45, 2.75) is 27.1 Å². The summed E-state index contributed by atoms with van der Waals surface area (Å²) in [4.78, 5) is 22.5. The van der Waals surface area contributed by atoms with Gasteiger partial charge in [0.2, 0.25) is 5.69 Å². The van der Waals surface area contributed by atoms with Crippen LogP contribution in [-0.2, 0) is 18.0 Å². The number of aryl methyl sites for hydroxylation is 1. The van der Waals surface area contributed by atoms with Crippen LogP contribution in [0.25, 0.3) is 0 Å². The van der Waals surface area contributed by atoms with E-state index < -0.39 is 10.8 Å². The van der Waals surface area contributed by atoms with Gasteiger partial charge < -0.3 is 10.1 Å². The Morgan fingerprint density at radius 1 is 1.41 bits per heavy atom. The van der Waals surface area contributed by atoms with Crippen LogP contribution in [0.15, 0.2) is 18.6 Å². The quantitative estimate of drug-likeness (QED) is 0.607. The number of carbonyl (C=O) groups excluding carboxylic acids is 1. The van der Waals surface area contributed by atoms with Crippen molar-refractivity contribution < 1.29 is 14.5 Å². The fraction of sp³-hybridized carbons (Fsp3) is 0.417. The van der Waals surface area contributed by atoms with Crippen LogP contribution in [0.5, 0.6) is 0 Å². The lowest BCUT2D eigenvalue weighted by Crippen LogP contribution is -2.14. The molecule has 2 heterocycles. The molecule has 0 radical (unpaired) electrons. The summed E-state index contributed by atoms with van der Waals surface area (Å²) in [7, 11) is 0. The molecule has 0 fully saturated rings. The summed E-state index contributed by atoms with van der Waals surface area (Å²) in [5.41, 5.74) is -0.157. The summed E-state index contributed by atoms with van der Waals surface area (Å²) in [6.07, 6.45) is 4.23. The Bertz CT molecular complexity index is 677. The lowest BCUT2D eigenvalue weighted by Gasteiger charge is -2.00. The number of hydrogen-bond donors (Lipinski definition) is 1. The molecule has 0 unspecified atom stereocenters. The summed E-state index contributed by atoms with van der Waals surface area (Å²) in [5.74, 6) is -0.658. The number of rotatable bonds is 7. The maximum absolute atomic E-state index is 12.1. The van der Waals surface area contributed by atoms with Crippen LogP contribution in [0.1, 0.15) is 24.3 Å². The van der Waals surface area contributed by atoms with Crippen molar-refractivity contribution in [1.82, 2.24) is 19.6 Å². The molecule has 22 heavy (non-hydrogen) atoms. The van der Waals surface area contributed by atoms with Gasteiger partial charge in [0.1, 0.15) is 12.9 Å². The van der Waals surface area contributed by atoms with Crippen molar-refractivity contribution in [2.24, 2.45) is 0 Å². The van der Waals surface area contributed by atoms with E-state index in [4.69, 9.17) is 4.74 Å². The molecule has 2 rings (SSSR count). The molecule has 0 aliphatic heterocycles. The zero-order valence-electron chi connectivity index (χ0n) is 12.2. The molecule has 0 aliphatic rings. The second-order valence-electron chi connectivity index (χ2n) is 4.32. The molecule has 2 aromatic heterocycles. The summed E-state index contributed by atoms with van der Waals surface area (Å²) in [6.45, 7) is 4.87. The van der Waals surface area contributed by atoms with Gasteiger partial charge in [-0.2, -0.15) is 10.2 Å². The van der Waals surface area contributed by atoms with E-state index in [1.807, 2.05) is 6.92 Å². The third kappa shape index (κ3) is 3.47. The first-order valence-corrected chi connectivity index (χ1v) is 6.68. The summed E-state index contributed by atoms with van der Waals surface area (Å²) >= 11 is 0. The van der Waals surface area contributed by atoms with Crippen LogP contribution in [-0.4, -0.2) is 37.0 Å². The Morgan fingerprint density at radius 2 is 2.18 bits per heavy atom. The Labute approximate surface area is 125 Å². The van der Waals surface area contributed by atoms with E-state index in [1.54, 1.807) is 13.1 Å². The molecule has 0 saturated heterocycles. The summed E-state index contributed by atoms with van der Waals surface area (Å²) < 4.78 is 8.01. The minimum absolute atomic E-state index is 0.232. The van der Waals surface area contributed by atoms with Gasteiger partial charge in [0.15, 0.2) is 0 Å². The van der Waals surface area contributed by atoms with Gasteiger partial charge in [-0.1, -0.05) is 0 Å². The number of anilines is 1. The van der Waals surface area contributed by atoms with Gasteiger partial charge in [-0.15, -0.1) is 0 Å². The van der Waals surface area contributed by atoms with Crippen molar-refractivity contribution in [2.75, 3.05) is 11.9 Å². The largest absolute Gasteiger partial charge is 0.360 e. The van der Waals surface area contributed by atoms with Crippen molar-refractivity contribution in [3.8, 4) is 0 Å². The molecule has 118 valence electrons. The van der Waals surface area contributed by atoms with Crippen LogP contribution < -0.4 is 5.32 Å². The smallest absolute Gasteiger partial charge is 0.320 e. The second-order valence-corrected chi connectivity index (χ2v) is 4.32. The number of nitrogens with one attached hydrogen (secondary N) is 1. The molecule has 0 aliphatic carbocycles. The SMILES string of the molecule is CCOCn1cc(NC(=O)c2nn(CC)cc2[N+](=O)[O-])cn1. The highest BCUT2D eigenvalue weighted by Gasteiger charge is 2.25. The van der Waals surface area contributed by atoms with E-state index in [9.17, 15) is 14.9 Å². The van der Waals surface area contributed by atoms with Gasteiger partial charge in [0.25, 0.3) is 5.91 Å². The maximum Gasteiger partial charge on any atom is 0.320 e. The first-order chi connectivity index (χ1) is 10.5. The zero-order valence-corrected chi connectivity index (χ0v) is 12.2. The Morgan fingerprint density at radius 3 is 2.82 bits per heavy atom. The highest BCUT2D eigenvalue weighted by molar-refractivity contribution is 6.05. The number of nitrogens with zero attached hydrogens (tertiary/aromatic N) is 5. The van der Waals surface area contributed by atoms with E-state index in [0.29, 0.717) is 18.8 Å². The first-order valence-electron chi connectivity index (χ1n) is 6.68. The zero-order chi connectivity index (χ0) is 16.1. The van der Waals surface area contributed by atoms with Crippen molar-refractivity contribution >= 4 is 17.3 Å². The molecule has 1 N–H and O–H groups in total. The molecule has 10 heteroatoms. The van der Waals surface area contributed by atoms with Crippen molar-refractivity contribution in [3.63, 3.8) is 0 Å². The Hall–Kier alpha value is -2.75. The summed E-state index contributed by atoms with van der Waals surface area (Å²) in [5, 5.41) is 21.4. The van der Waals surface area contributed by atoms with E-state index >= 15 is 0 Å². The Balaban J connectivity index is 2.13. The normalized spacial score (nSPS) is 10.6. The molecule has 0 spiro atoms. The van der Waals surface area contributed by atoms with Gasteiger partial charge in [-0.05, 0) is 13.8 Å². The average Bonchev–Trinajstić information content (AvgIpc) is 3.11. The van der Waals surface area contributed by atoms with Gasteiger partial charge >= 0.3 is 5.69 Å². The van der Waals surface area contributed by atoms with Crippen molar-refractivity contribution in [3.05, 3.63) is 34.4 Å². The average molecular weight is 308 g/mol. The highest BCUT2D eigenvalue weighted by atomic mass is 16.6. The van der Waals surface area contributed by atoms with Crippen LogP contribution in [0, 0.1) is 10.1 Å². The van der Waals surface area contributed by atoms with Gasteiger partial charge in [0.05, 0.1) is 23.0 Å². The number of nitro groups is 1. The molecule has 10 nitrogen and oxygen atoms in total. The number of ether oxygens (including phenoxy) is 1. The lowest BCUT2D eigenvalue weighted by molar-refractivity contribution is -0.385. The first kappa shape index (κ1) is 15.6. The van der Waals surface area contributed by atoms with Gasteiger partial charge in [0, 0.05) is 13.2 Å². The van der Waals surface area contributed by atoms with Crippen molar-refractivity contribution in [1.29, 1.82) is 0 Å².